The number of sulfonamides is 1. The van der Waals surface area contributed by atoms with Crippen LogP contribution in [-0.2, 0) is 21.0 Å². The number of nitrogens with zero attached hydrogens (tertiary/aromatic N) is 1. The SMILES string of the molecule is CC(C)N[C@@H](CC(C)(C)C)C(=O)N[C@H]1CC[C@@H]2CN(S(=O)(=O)c3cc(C(F)(F)F)ccc3Cl)C[C@@H]21. The van der Waals surface area contributed by atoms with Gasteiger partial charge in [0, 0.05) is 25.2 Å². The molecule has 35 heavy (non-hydrogen) atoms. The van der Waals surface area contributed by atoms with Crippen molar-refractivity contribution in [1.82, 2.24) is 14.9 Å². The van der Waals surface area contributed by atoms with Crippen LogP contribution in [0.4, 0.5) is 13.2 Å². The van der Waals surface area contributed by atoms with Crippen molar-refractivity contribution in [3.8, 4) is 0 Å². The van der Waals surface area contributed by atoms with Crippen molar-refractivity contribution in [3.63, 3.8) is 0 Å². The van der Waals surface area contributed by atoms with Gasteiger partial charge in [-0.15, -0.1) is 0 Å². The third-order valence-electron chi connectivity index (χ3n) is 6.69. The number of hydrogen-bond donors (Lipinski definition) is 2. The Balaban J connectivity index is 1.75. The first-order chi connectivity index (χ1) is 16.0. The number of carbonyl (C=O) groups excluding carboxylic acids is 1. The Morgan fingerprint density at radius 2 is 1.83 bits per heavy atom. The molecule has 4 atom stereocenters. The lowest BCUT2D eigenvalue weighted by atomic mass is 9.87. The smallest absolute Gasteiger partial charge is 0.352 e. The molecule has 2 aliphatic rings. The van der Waals surface area contributed by atoms with Gasteiger partial charge in [0.05, 0.1) is 16.6 Å². The van der Waals surface area contributed by atoms with Crippen LogP contribution >= 0.6 is 11.6 Å². The average molecular weight is 538 g/mol. The standard InChI is InChI=1S/C24H35ClF3N3O3S/c1-14(2)29-20(11-23(3,4)5)22(32)30-19-9-6-15-12-31(13-17(15)19)35(33,34)21-10-16(24(26,27)28)7-8-18(21)25/h7-8,10,14-15,17,19-20,29H,6,9,11-13H2,1-5H3,(H,30,32)/t15-,17+,19+,20+/m1/s1. The van der Waals surface area contributed by atoms with Crippen LogP contribution in [-0.4, -0.2) is 49.8 Å². The summed E-state index contributed by atoms with van der Waals surface area (Å²) in [7, 11) is -4.23. The highest BCUT2D eigenvalue weighted by Crippen LogP contribution is 2.42. The molecule has 198 valence electrons. The number of nitrogens with one attached hydrogen (secondary N) is 2. The monoisotopic (exact) mass is 537 g/mol. The van der Waals surface area contributed by atoms with E-state index in [9.17, 15) is 26.4 Å². The average Bonchev–Trinajstić information content (AvgIpc) is 3.27. The Morgan fingerprint density at radius 1 is 1.17 bits per heavy atom. The molecule has 1 saturated carbocycles. The molecule has 0 aromatic heterocycles. The number of rotatable bonds is 7. The molecule has 0 bridgehead atoms. The molecule has 6 nitrogen and oxygen atoms in total. The topological polar surface area (TPSA) is 78.5 Å². The fourth-order valence-electron chi connectivity index (χ4n) is 5.14. The van der Waals surface area contributed by atoms with Gasteiger partial charge in [-0.25, -0.2) is 8.42 Å². The molecule has 2 N–H and O–H groups in total. The number of carbonyl (C=O) groups is 1. The zero-order chi connectivity index (χ0) is 26.3. The predicted molar refractivity (Wildman–Crippen MR) is 129 cm³/mol. The van der Waals surface area contributed by atoms with Gasteiger partial charge in [-0.05, 0) is 54.7 Å². The lowest BCUT2D eigenvalue weighted by Gasteiger charge is -2.30. The second-order valence-electron chi connectivity index (χ2n) is 11.2. The van der Waals surface area contributed by atoms with E-state index in [-0.39, 0.29) is 59.4 Å². The van der Waals surface area contributed by atoms with Crippen LogP contribution in [0.2, 0.25) is 5.02 Å². The van der Waals surface area contributed by atoms with Gasteiger partial charge in [-0.2, -0.15) is 17.5 Å². The molecule has 0 unspecified atom stereocenters. The normalized spacial score (nSPS) is 24.6. The van der Waals surface area contributed by atoms with Crippen LogP contribution in [0.1, 0.15) is 59.4 Å². The number of amides is 1. The van der Waals surface area contributed by atoms with Crippen molar-refractivity contribution < 1.29 is 26.4 Å². The quantitative estimate of drug-likeness (QED) is 0.529. The first kappa shape index (κ1) is 28.2. The highest BCUT2D eigenvalue weighted by molar-refractivity contribution is 7.89. The molecular weight excluding hydrogens is 503 g/mol. The molecule has 2 fully saturated rings. The molecule has 0 radical (unpaired) electrons. The lowest BCUT2D eigenvalue weighted by Crippen LogP contribution is -2.52. The highest BCUT2D eigenvalue weighted by Gasteiger charge is 2.47. The summed E-state index contributed by atoms with van der Waals surface area (Å²) in [4.78, 5) is 12.6. The molecular formula is C24H35ClF3N3O3S. The molecule has 1 aliphatic heterocycles. The molecule has 1 amide bonds. The summed E-state index contributed by atoms with van der Waals surface area (Å²) in [5.41, 5.74) is -1.13. The second kappa shape index (κ2) is 10.2. The van der Waals surface area contributed by atoms with E-state index in [2.05, 4.69) is 31.4 Å². The summed E-state index contributed by atoms with van der Waals surface area (Å²) in [5.74, 6) is -0.187. The second-order valence-corrected chi connectivity index (χ2v) is 13.5. The van der Waals surface area contributed by atoms with E-state index < -0.39 is 26.7 Å². The van der Waals surface area contributed by atoms with E-state index in [1.165, 1.54) is 4.31 Å². The van der Waals surface area contributed by atoms with Gasteiger partial charge in [0.1, 0.15) is 4.90 Å². The van der Waals surface area contributed by atoms with E-state index >= 15 is 0 Å². The molecule has 1 aromatic carbocycles. The van der Waals surface area contributed by atoms with Gasteiger partial charge < -0.3 is 10.6 Å². The van der Waals surface area contributed by atoms with E-state index in [4.69, 9.17) is 11.6 Å². The van der Waals surface area contributed by atoms with Crippen molar-refractivity contribution in [1.29, 1.82) is 0 Å². The molecule has 1 saturated heterocycles. The zero-order valence-electron chi connectivity index (χ0n) is 20.7. The number of alkyl halides is 3. The molecule has 0 spiro atoms. The van der Waals surface area contributed by atoms with Crippen LogP contribution in [0.25, 0.3) is 0 Å². The van der Waals surface area contributed by atoms with Crippen LogP contribution in [0, 0.1) is 17.3 Å². The molecule has 1 heterocycles. The van der Waals surface area contributed by atoms with E-state index in [0.29, 0.717) is 12.5 Å². The molecule has 1 aliphatic carbocycles. The van der Waals surface area contributed by atoms with Gasteiger partial charge in [0.25, 0.3) is 0 Å². The van der Waals surface area contributed by atoms with Crippen molar-refractivity contribution in [2.24, 2.45) is 17.3 Å². The first-order valence-electron chi connectivity index (χ1n) is 11.9. The minimum absolute atomic E-state index is 0.0266. The summed E-state index contributed by atoms with van der Waals surface area (Å²) in [5, 5.41) is 6.21. The maximum atomic E-state index is 13.3. The maximum Gasteiger partial charge on any atom is 0.416 e. The molecule has 11 heteroatoms. The number of fused-ring (bicyclic) bond motifs is 1. The highest BCUT2D eigenvalue weighted by atomic mass is 35.5. The van der Waals surface area contributed by atoms with Gasteiger partial charge in [0.2, 0.25) is 15.9 Å². The van der Waals surface area contributed by atoms with E-state index in [1.54, 1.807) is 0 Å². The van der Waals surface area contributed by atoms with Crippen LogP contribution in [0.3, 0.4) is 0 Å². The van der Waals surface area contributed by atoms with E-state index in [1.807, 2.05) is 13.8 Å². The summed E-state index contributed by atoms with van der Waals surface area (Å²) in [6, 6.07) is 1.88. The van der Waals surface area contributed by atoms with Crippen molar-refractivity contribution in [2.45, 2.75) is 83.1 Å². The van der Waals surface area contributed by atoms with Crippen LogP contribution < -0.4 is 10.6 Å². The third kappa shape index (κ3) is 6.70. The van der Waals surface area contributed by atoms with Crippen LogP contribution in [0.15, 0.2) is 23.1 Å². The fraction of sp³-hybridized carbons (Fsp3) is 0.708. The fourth-order valence-corrected chi connectivity index (χ4v) is 7.18. The minimum Gasteiger partial charge on any atom is -0.352 e. The van der Waals surface area contributed by atoms with Gasteiger partial charge >= 0.3 is 6.18 Å². The zero-order valence-corrected chi connectivity index (χ0v) is 22.3. The summed E-state index contributed by atoms with van der Waals surface area (Å²) >= 11 is 6.02. The van der Waals surface area contributed by atoms with Gasteiger partial charge in [0.15, 0.2) is 0 Å². The summed E-state index contributed by atoms with van der Waals surface area (Å²) < 4.78 is 67.3. The Labute approximate surface area is 211 Å². The number of hydrogen-bond acceptors (Lipinski definition) is 4. The number of benzene rings is 1. The van der Waals surface area contributed by atoms with Gasteiger partial charge in [-0.3, -0.25) is 4.79 Å². The Kier molecular flexibility index (Phi) is 8.21. The maximum absolute atomic E-state index is 13.3. The lowest BCUT2D eigenvalue weighted by molar-refractivity contribution is -0.137. The Bertz CT molecular complexity index is 1040. The summed E-state index contributed by atoms with van der Waals surface area (Å²) in [6.45, 7) is 10.5. The molecule has 1 aromatic rings. The van der Waals surface area contributed by atoms with Crippen molar-refractivity contribution in [3.05, 3.63) is 28.8 Å². The van der Waals surface area contributed by atoms with Gasteiger partial charge in [-0.1, -0.05) is 46.2 Å². The Morgan fingerprint density at radius 3 is 2.40 bits per heavy atom. The predicted octanol–water partition coefficient (Wildman–Crippen LogP) is 4.68. The first-order valence-corrected chi connectivity index (χ1v) is 13.7. The summed E-state index contributed by atoms with van der Waals surface area (Å²) in [6.07, 6.45) is -2.56. The minimum atomic E-state index is -4.68. The van der Waals surface area contributed by atoms with Crippen molar-refractivity contribution in [2.75, 3.05) is 13.1 Å². The third-order valence-corrected chi connectivity index (χ3v) is 9.01. The largest absolute Gasteiger partial charge is 0.416 e. The number of halogens is 4. The van der Waals surface area contributed by atoms with Crippen molar-refractivity contribution >= 4 is 27.5 Å². The molecule has 3 rings (SSSR count). The van der Waals surface area contributed by atoms with E-state index in [0.717, 1.165) is 25.0 Å². The Hall–Kier alpha value is -1.36. The van der Waals surface area contributed by atoms with Crippen LogP contribution in [0.5, 0.6) is 0 Å².